The van der Waals surface area contributed by atoms with Crippen LogP contribution in [0.4, 0.5) is 0 Å². The van der Waals surface area contributed by atoms with Crippen LogP contribution in [0, 0.1) is 0 Å². The van der Waals surface area contributed by atoms with Crippen LogP contribution in [0.2, 0.25) is 0 Å². The summed E-state index contributed by atoms with van der Waals surface area (Å²) in [5.74, 6) is 0.242. The fourth-order valence-electron chi connectivity index (χ4n) is 2.13. The largest absolute Gasteiger partial charge is 0.508 e. The molecule has 0 aliphatic heterocycles. The lowest BCUT2D eigenvalue weighted by atomic mass is 9.98. The molecule has 5 nitrogen and oxygen atoms in total. The van der Waals surface area contributed by atoms with E-state index in [1.807, 2.05) is 36.4 Å². The lowest BCUT2D eigenvalue weighted by Gasteiger charge is -2.21. The van der Waals surface area contributed by atoms with Gasteiger partial charge in [-0.15, -0.1) is 10.2 Å². The van der Waals surface area contributed by atoms with Gasteiger partial charge in [-0.2, -0.15) is 0 Å². The molecule has 0 spiro atoms. The van der Waals surface area contributed by atoms with E-state index in [1.54, 1.807) is 29.5 Å². The molecule has 0 aliphatic carbocycles. The first-order chi connectivity index (χ1) is 10.2. The van der Waals surface area contributed by atoms with E-state index < -0.39 is 0 Å². The number of rotatable bonds is 4. The summed E-state index contributed by atoms with van der Waals surface area (Å²) in [6.07, 6.45) is 3.15. The number of halogens is 1. The Balaban J connectivity index is 2.02. The van der Waals surface area contributed by atoms with Crippen LogP contribution < -0.4 is 5.43 Å². The molecule has 1 unspecified atom stereocenters. The summed E-state index contributed by atoms with van der Waals surface area (Å²) >= 11 is 3.43. The molecular formula is C15H13BrN4O. The molecule has 0 saturated carbocycles. The van der Waals surface area contributed by atoms with E-state index in [4.69, 9.17) is 0 Å². The van der Waals surface area contributed by atoms with E-state index in [0.717, 1.165) is 15.6 Å². The van der Waals surface area contributed by atoms with Crippen molar-refractivity contribution in [2.75, 3.05) is 5.43 Å². The second-order valence-electron chi connectivity index (χ2n) is 4.54. The molecule has 0 aliphatic rings. The highest BCUT2D eigenvalue weighted by Gasteiger charge is 2.17. The molecule has 0 bridgehead atoms. The van der Waals surface area contributed by atoms with Gasteiger partial charge in [0.15, 0.2) is 0 Å². The van der Waals surface area contributed by atoms with Crippen molar-refractivity contribution < 1.29 is 5.11 Å². The smallest absolute Gasteiger partial charge is 0.138 e. The molecule has 21 heavy (non-hydrogen) atoms. The number of phenols is 1. The molecule has 0 saturated heterocycles. The number of para-hydroxylation sites is 1. The molecule has 1 atom stereocenters. The zero-order valence-electron chi connectivity index (χ0n) is 11.0. The third-order valence-electron chi connectivity index (χ3n) is 3.15. The molecule has 3 rings (SSSR count). The zero-order valence-corrected chi connectivity index (χ0v) is 12.6. The van der Waals surface area contributed by atoms with Gasteiger partial charge in [0.05, 0.1) is 6.04 Å². The maximum Gasteiger partial charge on any atom is 0.138 e. The van der Waals surface area contributed by atoms with Crippen LogP contribution in [0.15, 0.2) is 65.7 Å². The van der Waals surface area contributed by atoms with Crippen molar-refractivity contribution in [1.29, 1.82) is 0 Å². The minimum Gasteiger partial charge on any atom is -0.508 e. The highest BCUT2D eigenvalue weighted by Crippen LogP contribution is 2.30. The van der Waals surface area contributed by atoms with Crippen LogP contribution >= 0.6 is 15.9 Å². The van der Waals surface area contributed by atoms with Crippen LogP contribution in [0.3, 0.4) is 0 Å². The van der Waals surface area contributed by atoms with Gasteiger partial charge in [0.2, 0.25) is 0 Å². The first-order valence-electron chi connectivity index (χ1n) is 6.38. The van der Waals surface area contributed by atoms with Gasteiger partial charge in [-0.3, -0.25) is 0 Å². The predicted molar refractivity (Wildman–Crippen MR) is 83.5 cm³/mol. The van der Waals surface area contributed by atoms with E-state index in [2.05, 4.69) is 31.6 Å². The van der Waals surface area contributed by atoms with Crippen LogP contribution in [0.1, 0.15) is 17.2 Å². The van der Waals surface area contributed by atoms with E-state index >= 15 is 0 Å². The van der Waals surface area contributed by atoms with E-state index in [9.17, 15) is 5.11 Å². The van der Waals surface area contributed by atoms with E-state index in [-0.39, 0.29) is 11.8 Å². The summed E-state index contributed by atoms with van der Waals surface area (Å²) in [7, 11) is 0. The first-order valence-corrected chi connectivity index (χ1v) is 7.18. The number of benzene rings is 2. The van der Waals surface area contributed by atoms with Crippen molar-refractivity contribution >= 4 is 15.9 Å². The number of nitrogens with one attached hydrogen (secondary N) is 1. The van der Waals surface area contributed by atoms with Crippen molar-refractivity contribution in [2.24, 2.45) is 0 Å². The Bertz CT molecular complexity index is 713. The van der Waals surface area contributed by atoms with Gasteiger partial charge >= 0.3 is 0 Å². The molecule has 106 valence electrons. The van der Waals surface area contributed by atoms with Crippen molar-refractivity contribution in [3.63, 3.8) is 0 Å². The second kappa shape index (κ2) is 5.97. The van der Waals surface area contributed by atoms with Crippen molar-refractivity contribution in [3.8, 4) is 5.75 Å². The summed E-state index contributed by atoms with van der Waals surface area (Å²) < 4.78 is 2.67. The van der Waals surface area contributed by atoms with Crippen molar-refractivity contribution in [1.82, 2.24) is 14.9 Å². The number of phenolic OH excluding ortho intramolecular Hbond substituents is 1. The molecule has 2 aromatic carbocycles. The molecule has 0 fully saturated rings. The van der Waals surface area contributed by atoms with Crippen molar-refractivity contribution in [3.05, 3.63) is 76.8 Å². The average Bonchev–Trinajstić information content (AvgIpc) is 3.00. The topological polar surface area (TPSA) is 63.0 Å². The van der Waals surface area contributed by atoms with Gasteiger partial charge in [0.25, 0.3) is 0 Å². The normalized spacial score (nSPS) is 12.0. The Morgan fingerprint density at radius 2 is 1.67 bits per heavy atom. The Labute approximate surface area is 130 Å². The highest BCUT2D eigenvalue weighted by atomic mass is 79.9. The van der Waals surface area contributed by atoms with Gasteiger partial charge in [-0.25, -0.2) is 4.68 Å². The Morgan fingerprint density at radius 1 is 1.00 bits per heavy atom. The maximum atomic E-state index is 10.1. The van der Waals surface area contributed by atoms with Crippen molar-refractivity contribution in [2.45, 2.75) is 6.04 Å². The van der Waals surface area contributed by atoms with Crippen LogP contribution in [-0.4, -0.2) is 20.0 Å². The average molecular weight is 345 g/mol. The summed E-state index contributed by atoms with van der Waals surface area (Å²) in [5.41, 5.74) is 5.08. The highest BCUT2D eigenvalue weighted by molar-refractivity contribution is 9.10. The summed E-state index contributed by atoms with van der Waals surface area (Å²) in [4.78, 5) is 0. The minimum atomic E-state index is -0.213. The number of hydrogen-bond donors (Lipinski definition) is 2. The van der Waals surface area contributed by atoms with Gasteiger partial charge in [0.1, 0.15) is 18.4 Å². The summed E-state index contributed by atoms with van der Waals surface area (Å²) in [6, 6.07) is 15.0. The molecule has 0 radical (unpaired) electrons. The van der Waals surface area contributed by atoms with Gasteiger partial charge < -0.3 is 10.5 Å². The Morgan fingerprint density at radius 3 is 2.33 bits per heavy atom. The summed E-state index contributed by atoms with van der Waals surface area (Å²) in [5, 5.41) is 17.7. The number of hydrogen-bond acceptors (Lipinski definition) is 4. The fourth-order valence-corrected chi connectivity index (χ4v) is 2.39. The molecule has 6 heteroatoms. The van der Waals surface area contributed by atoms with Crippen LogP contribution in [-0.2, 0) is 0 Å². The lowest BCUT2D eigenvalue weighted by Crippen LogP contribution is -2.21. The molecule has 0 amide bonds. The number of aromatic nitrogens is 3. The predicted octanol–water partition coefficient (Wildman–Crippen LogP) is 3.08. The third kappa shape index (κ3) is 3.05. The molecule has 1 aromatic heterocycles. The molecule has 3 aromatic rings. The van der Waals surface area contributed by atoms with Crippen LogP contribution in [0.25, 0.3) is 0 Å². The Hall–Kier alpha value is -2.34. The van der Waals surface area contributed by atoms with E-state index in [0.29, 0.717) is 0 Å². The summed E-state index contributed by atoms with van der Waals surface area (Å²) in [6.45, 7) is 0. The maximum absolute atomic E-state index is 10.1. The number of aromatic hydroxyl groups is 1. The first kappa shape index (κ1) is 13.6. The zero-order chi connectivity index (χ0) is 14.7. The van der Waals surface area contributed by atoms with Gasteiger partial charge in [-0.05, 0) is 23.8 Å². The number of nitrogens with zero attached hydrogens (tertiary/aromatic N) is 3. The van der Waals surface area contributed by atoms with Gasteiger partial charge in [0, 0.05) is 10.0 Å². The second-order valence-corrected chi connectivity index (χ2v) is 5.46. The SMILES string of the molecule is Oc1ccccc1C(Nn1cnnc1)c1ccc(Br)cc1. The molecule has 1 heterocycles. The Kier molecular flexibility index (Phi) is 3.87. The lowest BCUT2D eigenvalue weighted by molar-refractivity contribution is 0.465. The van der Waals surface area contributed by atoms with E-state index in [1.165, 1.54) is 0 Å². The molecular weight excluding hydrogens is 332 g/mol. The monoisotopic (exact) mass is 344 g/mol. The quantitative estimate of drug-likeness (QED) is 0.763. The van der Waals surface area contributed by atoms with Crippen LogP contribution in [0.5, 0.6) is 5.75 Å². The fraction of sp³-hybridized carbons (Fsp3) is 0.0667. The third-order valence-corrected chi connectivity index (χ3v) is 3.68. The standard InChI is InChI=1S/C15H13BrN4O/c16-12-7-5-11(6-8-12)15(19-20-9-17-18-10-20)13-3-1-2-4-14(13)21/h1-10,15,19,21H. The van der Waals surface area contributed by atoms with Gasteiger partial charge in [-0.1, -0.05) is 46.3 Å². The minimum absolute atomic E-state index is 0.213. The molecule has 2 N–H and O–H groups in total.